The number of nitrogens with one attached hydrogen (secondary N) is 1. The van der Waals surface area contributed by atoms with E-state index in [0.717, 1.165) is 12.1 Å². The second-order valence-electron chi connectivity index (χ2n) is 5.94. The van der Waals surface area contributed by atoms with Crippen LogP contribution in [-0.4, -0.2) is 37.2 Å². The molecule has 1 heterocycles. The van der Waals surface area contributed by atoms with Gasteiger partial charge in [-0.05, 0) is 42.0 Å². The zero-order valence-electron chi connectivity index (χ0n) is 13.5. The summed E-state index contributed by atoms with van der Waals surface area (Å²) in [5.74, 6) is -0.0105. The van der Waals surface area contributed by atoms with Crippen LogP contribution >= 0.6 is 23.2 Å². The normalized spacial score (nSPS) is 19.7. The molecule has 0 radical (unpaired) electrons. The lowest BCUT2D eigenvalue weighted by Gasteiger charge is -2.28. The van der Waals surface area contributed by atoms with Crippen molar-refractivity contribution in [3.05, 3.63) is 63.9 Å². The van der Waals surface area contributed by atoms with Crippen LogP contribution in [0.3, 0.4) is 0 Å². The van der Waals surface area contributed by atoms with Crippen LogP contribution in [0.5, 0.6) is 5.75 Å². The molecule has 2 aromatic carbocycles. The van der Waals surface area contributed by atoms with Crippen molar-refractivity contribution in [3.63, 3.8) is 0 Å². The van der Waals surface area contributed by atoms with E-state index in [4.69, 9.17) is 27.9 Å². The number of ether oxygens (including phenoxy) is 1. The predicted octanol–water partition coefficient (Wildman–Crippen LogP) is 4.32. The number of carbonyl (C=O) groups is 1. The highest BCUT2D eigenvalue weighted by Gasteiger charge is 2.34. The van der Waals surface area contributed by atoms with Gasteiger partial charge in [0.2, 0.25) is 0 Å². The molecule has 1 aliphatic heterocycles. The highest BCUT2D eigenvalue weighted by Crippen LogP contribution is 2.31. The van der Waals surface area contributed by atoms with Gasteiger partial charge < -0.3 is 15.0 Å². The van der Waals surface area contributed by atoms with E-state index in [2.05, 4.69) is 5.32 Å². The third-order valence-electron chi connectivity index (χ3n) is 4.36. The SMILES string of the molecule is CN(C(=O)Oc1ccc(F)cc1)[C@H]1CNC[C@@H]1c1ccc(Cl)c(Cl)c1. The third-order valence-corrected chi connectivity index (χ3v) is 5.10. The quantitative estimate of drug-likeness (QED) is 0.859. The summed E-state index contributed by atoms with van der Waals surface area (Å²) >= 11 is 12.1. The fraction of sp³-hybridized carbons (Fsp3) is 0.278. The van der Waals surface area contributed by atoms with Gasteiger partial charge in [0, 0.05) is 26.1 Å². The molecule has 0 spiro atoms. The Labute approximate surface area is 155 Å². The van der Waals surface area contributed by atoms with Crippen molar-refractivity contribution in [1.29, 1.82) is 0 Å². The van der Waals surface area contributed by atoms with Gasteiger partial charge in [-0.2, -0.15) is 0 Å². The van der Waals surface area contributed by atoms with Gasteiger partial charge >= 0.3 is 6.09 Å². The van der Waals surface area contributed by atoms with Crippen molar-refractivity contribution >= 4 is 29.3 Å². The van der Waals surface area contributed by atoms with Crippen LogP contribution in [0.1, 0.15) is 11.5 Å². The Hall–Kier alpha value is -1.82. The van der Waals surface area contributed by atoms with Gasteiger partial charge in [-0.15, -0.1) is 0 Å². The Morgan fingerprint density at radius 1 is 1.16 bits per heavy atom. The molecule has 1 saturated heterocycles. The lowest BCUT2D eigenvalue weighted by atomic mass is 9.93. The van der Waals surface area contributed by atoms with Crippen molar-refractivity contribution in [2.24, 2.45) is 0 Å². The summed E-state index contributed by atoms with van der Waals surface area (Å²) in [6, 6.07) is 10.7. The summed E-state index contributed by atoms with van der Waals surface area (Å²) in [5, 5.41) is 4.27. The van der Waals surface area contributed by atoms with Crippen LogP contribution in [0, 0.1) is 5.82 Å². The van der Waals surface area contributed by atoms with Crippen molar-refractivity contribution in [2.75, 3.05) is 20.1 Å². The van der Waals surface area contributed by atoms with Crippen LogP contribution in [0.2, 0.25) is 10.0 Å². The molecule has 0 saturated carbocycles. The highest BCUT2D eigenvalue weighted by molar-refractivity contribution is 6.42. The fourth-order valence-electron chi connectivity index (χ4n) is 2.97. The molecule has 4 nitrogen and oxygen atoms in total. The maximum atomic E-state index is 12.9. The van der Waals surface area contributed by atoms with Crippen LogP contribution in [0.15, 0.2) is 42.5 Å². The summed E-state index contributed by atoms with van der Waals surface area (Å²) in [6.07, 6.45) is -0.495. The minimum atomic E-state index is -0.495. The predicted molar refractivity (Wildman–Crippen MR) is 96.0 cm³/mol. The molecule has 0 bridgehead atoms. The van der Waals surface area contributed by atoms with Gasteiger partial charge in [-0.25, -0.2) is 9.18 Å². The molecule has 1 amide bonds. The fourth-order valence-corrected chi connectivity index (χ4v) is 3.27. The number of carbonyl (C=O) groups excluding carboxylic acids is 1. The number of nitrogens with zero attached hydrogens (tertiary/aromatic N) is 1. The summed E-state index contributed by atoms with van der Waals surface area (Å²) in [6.45, 7) is 1.36. The largest absolute Gasteiger partial charge is 0.415 e. The lowest BCUT2D eigenvalue weighted by Crippen LogP contribution is -2.42. The Morgan fingerprint density at radius 2 is 1.88 bits per heavy atom. The molecule has 2 aromatic rings. The van der Waals surface area contributed by atoms with E-state index in [9.17, 15) is 9.18 Å². The molecule has 1 fully saturated rings. The number of benzene rings is 2. The Bertz CT molecular complexity index is 770. The molecule has 132 valence electrons. The van der Waals surface area contributed by atoms with Crippen LogP contribution < -0.4 is 10.1 Å². The molecule has 2 atom stereocenters. The van der Waals surface area contributed by atoms with Crippen LogP contribution in [-0.2, 0) is 0 Å². The number of hydrogen-bond acceptors (Lipinski definition) is 3. The van der Waals surface area contributed by atoms with Crippen molar-refractivity contribution < 1.29 is 13.9 Å². The summed E-state index contributed by atoms with van der Waals surface area (Å²) < 4.78 is 18.3. The molecular formula is C18H17Cl2FN2O2. The Morgan fingerprint density at radius 3 is 2.56 bits per heavy atom. The smallest absolute Gasteiger partial charge is 0.410 e. The Balaban J connectivity index is 1.73. The summed E-state index contributed by atoms with van der Waals surface area (Å²) in [4.78, 5) is 14.0. The standard InChI is InChI=1S/C18H17Cl2FN2O2/c1-23(18(24)25-13-5-3-12(21)4-6-13)17-10-22-9-14(17)11-2-7-15(19)16(20)8-11/h2-8,14,17,22H,9-10H2,1H3/t14-,17+/m1/s1. The molecule has 1 aliphatic rings. The number of halogens is 3. The lowest BCUT2D eigenvalue weighted by molar-refractivity contribution is 0.145. The molecule has 0 aliphatic carbocycles. The second-order valence-corrected chi connectivity index (χ2v) is 6.75. The first-order chi connectivity index (χ1) is 12.0. The molecule has 1 N–H and O–H groups in total. The third kappa shape index (κ3) is 4.06. The Kier molecular flexibility index (Phi) is 5.47. The molecule has 25 heavy (non-hydrogen) atoms. The summed E-state index contributed by atoms with van der Waals surface area (Å²) in [5.41, 5.74) is 1.01. The number of likely N-dealkylation sites (N-methyl/N-ethyl adjacent to an activating group) is 1. The van der Waals surface area contributed by atoms with E-state index >= 15 is 0 Å². The van der Waals surface area contributed by atoms with E-state index in [1.54, 1.807) is 18.0 Å². The molecule has 0 aromatic heterocycles. The number of rotatable bonds is 3. The van der Waals surface area contributed by atoms with E-state index in [0.29, 0.717) is 22.3 Å². The second kappa shape index (κ2) is 7.60. The van der Waals surface area contributed by atoms with Gasteiger partial charge in [-0.3, -0.25) is 0 Å². The number of amides is 1. The summed E-state index contributed by atoms with van der Waals surface area (Å²) in [7, 11) is 1.69. The first kappa shape index (κ1) is 18.0. The minimum Gasteiger partial charge on any atom is -0.410 e. The van der Waals surface area contributed by atoms with E-state index in [-0.39, 0.29) is 17.8 Å². The van der Waals surface area contributed by atoms with Crippen molar-refractivity contribution in [1.82, 2.24) is 10.2 Å². The minimum absolute atomic E-state index is 0.0699. The average Bonchev–Trinajstić information content (AvgIpc) is 3.08. The maximum Gasteiger partial charge on any atom is 0.415 e. The van der Waals surface area contributed by atoms with Crippen LogP contribution in [0.4, 0.5) is 9.18 Å². The van der Waals surface area contributed by atoms with Gasteiger partial charge in [0.1, 0.15) is 11.6 Å². The first-order valence-corrected chi connectivity index (χ1v) is 8.57. The molecule has 3 rings (SSSR count). The topological polar surface area (TPSA) is 41.6 Å². The van der Waals surface area contributed by atoms with Gasteiger partial charge in [0.25, 0.3) is 0 Å². The molecular weight excluding hydrogens is 366 g/mol. The first-order valence-electron chi connectivity index (χ1n) is 7.81. The highest BCUT2D eigenvalue weighted by atomic mass is 35.5. The van der Waals surface area contributed by atoms with E-state index in [1.807, 2.05) is 12.1 Å². The van der Waals surface area contributed by atoms with Crippen molar-refractivity contribution in [3.8, 4) is 5.75 Å². The monoisotopic (exact) mass is 382 g/mol. The zero-order valence-corrected chi connectivity index (χ0v) is 15.0. The van der Waals surface area contributed by atoms with Gasteiger partial charge in [0.15, 0.2) is 0 Å². The van der Waals surface area contributed by atoms with Gasteiger partial charge in [0.05, 0.1) is 16.1 Å². The van der Waals surface area contributed by atoms with E-state index in [1.165, 1.54) is 24.3 Å². The number of hydrogen-bond donors (Lipinski definition) is 1. The van der Waals surface area contributed by atoms with E-state index < -0.39 is 6.09 Å². The average molecular weight is 383 g/mol. The van der Waals surface area contributed by atoms with Gasteiger partial charge in [-0.1, -0.05) is 29.3 Å². The van der Waals surface area contributed by atoms with Crippen molar-refractivity contribution in [2.45, 2.75) is 12.0 Å². The maximum absolute atomic E-state index is 12.9. The molecule has 7 heteroatoms. The zero-order chi connectivity index (χ0) is 18.0. The van der Waals surface area contributed by atoms with Crippen LogP contribution in [0.25, 0.3) is 0 Å². The molecule has 0 unspecified atom stereocenters.